The van der Waals surface area contributed by atoms with Gasteiger partial charge in [0.1, 0.15) is 5.82 Å². The fourth-order valence-electron chi connectivity index (χ4n) is 3.69. The lowest BCUT2D eigenvalue weighted by Gasteiger charge is -2.12. The zero-order chi connectivity index (χ0) is 24.5. The van der Waals surface area contributed by atoms with Gasteiger partial charge >= 0.3 is 0 Å². The van der Waals surface area contributed by atoms with Crippen LogP contribution in [0.15, 0.2) is 84.0 Å². The molecule has 0 radical (unpaired) electrons. The first kappa shape index (κ1) is 24.3. The first-order chi connectivity index (χ1) is 17.2. The van der Waals surface area contributed by atoms with Crippen LogP contribution in [0, 0.1) is 0 Å². The van der Waals surface area contributed by atoms with Crippen molar-refractivity contribution in [2.75, 3.05) is 25.3 Å². The summed E-state index contributed by atoms with van der Waals surface area (Å²) in [6, 6.07) is 25.5. The predicted molar refractivity (Wildman–Crippen MR) is 138 cm³/mol. The molecule has 4 aromatic rings. The Bertz CT molecular complexity index is 1250. The van der Waals surface area contributed by atoms with Crippen molar-refractivity contribution >= 4 is 23.4 Å². The highest BCUT2D eigenvalue weighted by Gasteiger charge is 2.16. The van der Waals surface area contributed by atoms with Crippen LogP contribution in [0.2, 0.25) is 0 Å². The second-order valence-corrected chi connectivity index (χ2v) is 8.80. The fourth-order valence-corrected chi connectivity index (χ4v) is 4.47. The first-order valence-electron chi connectivity index (χ1n) is 11.3. The van der Waals surface area contributed by atoms with E-state index in [4.69, 9.17) is 9.47 Å². The van der Waals surface area contributed by atoms with Gasteiger partial charge in [-0.05, 0) is 41.8 Å². The van der Waals surface area contributed by atoms with Crippen molar-refractivity contribution in [3.63, 3.8) is 0 Å². The number of benzene rings is 3. The molecule has 1 amide bonds. The molecule has 35 heavy (non-hydrogen) atoms. The van der Waals surface area contributed by atoms with Gasteiger partial charge < -0.3 is 19.4 Å². The number of rotatable bonds is 11. The largest absolute Gasteiger partial charge is 0.493 e. The van der Waals surface area contributed by atoms with Crippen LogP contribution in [0.1, 0.15) is 17.0 Å². The van der Waals surface area contributed by atoms with Crippen LogP contribution in [-0.2, 0) is 24.2 Å². The molecule has 0 atom stereocenters. The molecule has 1 aromatic heterocycles. The molecular formula is C27H28N4O3S. The van der Waals surface area contributed by atoms with Crippen LogP contribution in [-0.4, -0.2) is 40.6 Å². The standard InChI is InChI=1S/C27H28N4O3S/c1-33-23-14-13-21(17-24(23)34-2)15-16-31-25(18-20-9-5-3-6-10-20)29-30-27(31)35-19-26(32)28-22-11-7-4-8-12-22/h3-14,17H,15-16,18-19H2,1-2H3,(H,28,32). The second-order valence-electron chi connectivity index (χ2n) is 7.86. The molecule has 0 aliphatic rings. The second kappa shape index (κ2) is 12.1. The number of methoxy groups -OCH3 is 2. The zero-order valence-electron chi connectivity index (χ0n) is 19.8. The van der Waals surface area contributed by atoms with Crippen LogP contribution >= 0.6 is 11.8 Å². The number of nitrogens with zero attached hydrogens (tertiary/aromatic N) is 3. The Morgan fingerprint density at radius 2 is 1.60 bits per heavy atom. The summed E-state index contributed by atoms with van der Waals surface area (Å²) in [6.07, 6.45) is 1.42. The van der Waals surface area contributed by atoms with Crippen LogP contribution < -0.4 is 14.8 Å². The van der Waals surface area contributed by atoms with E-state index < -0.39 is 0 Å². The van der Waals surface area contributed by atoms with Crippen LogP contribution in [0.3, 0.4) is 0 Å². The summed E-state index contributed by atoms with van der Waals surface area (Å²) < 4.78 is 12.9. The number of nitrogens with one attached hydrogen (secondary N) is 1. The van der Waals surface area contributed by atoms with Gasteiger partial charge in [-0.2, -0.15) is 0 Å². The average Bonchev–Trinajstić information content (AvgIpc) is 3.28. The Labute approximate surface area is 209 Å². The third-order valence-corrected chi connectivity index (χ3v) is 6.43. The summed E-state index contributed by atoms with van der Waals surface area (Å²) in [5.41, 5.74) is 3.04. The molecule has 4 rings (SSSR count). The van der Waals surface area contributed by atoms with E-state index in [0.29, 0.717) is 24.5 Å². The Kier molecular flexibility index (Phi) is 8.40. The van der Waals surface area contributed by atoms with Gasteiger partial charge in [-0.15, -0.1) is 10.2 Å². The minimum Gasteiger partial charge on any atom is -0.493 e. The summed E-state index contributed by atoms with van der Waals surface area (Å²) in [5, 5.41) is 12.5. The number of anilines is 1. The minimum absolute atomic E-state index is 0.0831. The molecular weight excluding hydrogens is 460 g/mol. The first-order valence-corrected chi connectivity index (χ1v) is 12.3. The molecule has 0 aliphatic carbocycles. The molecule has 1 N–H and O–H groups in total. The molecule has 0 unspecified atom stereocenters. The van der Waals surface area contributed by atoms with Gasteiger partial charge in [0.25, 0.3) is 0 Å². The molecule has 3 aromatic carbocycles. The molecule has 0 aliphatic heterocycles. The molecule has 0 saturated carbocycles. The van der Waals surface area contributed by atoms with Crippen molar-refractivity contribution in [2.45, 2.75) is 24.5 Å². The molecule has 0 bridgehead atoms. The fraction of sp³-hybridized carbons (Fsp3) is 0.222. The highest BCUT2D eigenvalue weighted by Crippen LogP contribution is 2.28. The van der Waals surface area contributed by atoms with E-state index in [0.717, 1.165) is 34.2 Å². The number of hydrogen-bond donors (Lipinski definition) is 1. The molecule has 0 saturated heterocycles. The zero-order valence-corrected chi connectivity index (χ0v) is 20.6. The Morgan fingerprint density at radius 1 is 0.886 bits per heavy atom. The SMILES string of the molecule is COc1ccc(CCn2c(Cc3ccccc3)nnc2SCC(=O)Nc2ccccc2)cc1OC. The van der Waals surface area contributed by atoms with Crippen molar-refractivity contribution in [1.82, 2.24) is 14.8 Å². The van der Waals surface area contributed by atoms with Gasteiger partial charge in [0.15, 0.2) is 16.7 Å². The number of thioether (sulfide) groups is 1. The predicted octanol–water partition coefficient (Wildman–Crippen LogP) is 4.86. The number of hydrogen-bond acceptors (Lipinski definition) is 6. The number of ether oxygens (including phenoxy) is 2. The van der Waals surface area contributed by atoms with Crippen molar-refractivity contribution in [2.24, 2.45) is 0 Å². The van der Waals surface area contributed by atoms with E-state index in [9.17, 15) is 4.79 Å². The summed E-state index contributed by atoms with van der Waals surface area (Å²) in [4.78, 5) is 12.5. The monoisotopic (exact) mass is 488 g/mol. The maximum absolute atomic E-state index is 12.5. The van der Waals surface area contributed by atoms with Crippen LogP contribution in [0.5, 0.6) is 11.5 Å². The number of amides is 1. The molecule has 0 fully saturated rings. The number of aromatic nitrogens is 3. The lowest BCUT2D eigenvalue weighted by molar-refractivity contribution is -0.113. The Balaban J connectivity index is 1.49. The van der Waals surface area contributed by atoms with Crippen molar-refractivity contribution in [1.29, 1.82) is 0 Å². The summed E-state index contributed by atoms with van der Waals surface area (Å²) in [5.74, 6) is 2.42. The highest BCUT2D eigenvalue weighted by molar-refractivity contribution is 7.99. The average molecular weight is 489 g/mol. The van der Waals surface area contributed by atoms with Gasteiger partial charge in [-0.1, -0.05) is 66.4 Å². The Morgan fingerprint density at radius 3 is 2.31 bits per heavy atom. The minimum atomic E-state index is -0.0831. The maximum atomic E-state index is 12.5. The van der Waals surface area contributed by atoms with E-state index in [1.807, 2.05) is 66.7 Å². The number of para-hydroxylation sites is 1. The summed E-state index contributed by atoms with van der Waals surface area (Å²) in [6.45, 7) is 0.674. The number of carbonyl (C=O) groups is 1. The van der Waals surface area contributed by atoms with Crippen molar-refractivity contribution < 1.29 is 14.3 Å². The smallest absolute Gasteiger partial charge is 0.234 e. The maximum Gasteiger partial charge on any atom is 0.234 e. The van der Waals surface area contributed by atoms with Gasteiger partial charge in [0, 0.05) is 18.7 Å². The molecule has 0 spiro atoms. The number of aryl methyl sites for hydroxylation is 1. The van der Waals surface area contributed by atoms with E-state index >= 15 is 0 Å². The van der Waals surface area contributed by atoms with Crippen LogP contribution in [0.4, 0.5) is 5.69 Å². The normalized spacial score (nSPS) is 10.7. The van der Waals surface area contributed by atoms with Gasteiger partial charge in [0.05, 0.1) is 20.0 Å². The third-order valence-electron chi connectivity index (χ3n) is 5.46. The lowest BCUT2D eigenvalue weighted by Crippen LogP contribution is -2.15. The quantitative estimate of drug-likeness (QED) is 0.304. The lowest BCUT2D eigenvalue weighted by atomic mass is 10.1. The van der Waals surface area contributed by atoms with Gasteiger partial charge in [0.2, 0.25) is 5.91 Å². The number of carbonyl (C=O) groups excluding carboxylic acids is 1. The topological polar surface area (TPSA) is 78.3 Å². The Hall–Kier alpha value is -3.78. The molecule has 7 nitrogen and oxygen atoms in total. The van der Waals surface area contributed by atoms with Crippen molar-refractivity contribution in [3.05, 3.63) is 95.8 Å². The van der Waals surface area contributed by atoms with Gasteiger partial charge in [-0.3, -0.25) is 4.79 Å². The van der Waals surface area contributed by atoms with Gasteiger partial charge in [-0.25, -0.2) is 0 Å². The van der Waals surface area contributed by atoms with E-state index in [1.165, 1.54) is 11.8 Å². The van der Waals surface area contributed by atoms with E-state index in [-0.39, 0.29) is 11.7 Å². The summed E-state index contributed by atoms with van der Waals surface area (Å²) in [7, 11) is 3.26. The van der Waals surface area contributed by atoms with E-state index in [2.05, 4.69) is 32.2 Å². The molecule has 180 valence electrons. The molecule has 1 heterocycles. The summed E-state index contributed by atoms with van der Waals surface area (Å²) >= 11 is 1.39. The van der Waals surface area contributed by atoms with E-state index in [1.54, 1.807) is 14.2 Å². The van der Waals surface area contributed by atoms with Crippen molar-refractivity contribution in [3.8, 4) is 11.5 Å². The third kappa shape index (κ3) is 6.64. The van der Waals surface area contributed by atoms with Crippen LogP contribution in [0.25, 0.3) is 0 Å². The molecule has 8 heteroatoms. The highest BCUT2D eigenvalue weighted by atomic mass is 32.2.